The molecule has 1 aromatic carbocycles. The number of carbonyl (C=O) groups excluding carboxylic acids is 1. The first-order valence-electron chi connectivity index (χ1n) is 7.18. The summed E-state index contributed by atoms with van der Waals surface area (Å²) in [6, 6.07) is 7.85. The normalized spacial score (nSPS) is 17.4. The van der Waals surface area contributed by atoms with Gasteiger partial charge in [0.05, 0.1) is 6.61 Å². The Balaban J connectivity index is 2.10. The number of hydrogen-bond acceptors (Lipinski definition) is 4. The first-order chi connectivity index (χ1) is 9.62. The highest BCUT2D eigenvalue weighted by atomic mass is 16.5. The molecule has 0 heterocycles. The van der Waals surface area contributed by atoms with Crippen LogP contribution in [0.3, 0.4) is 0 Å². The zero-order valence-corrected chi connectivity index (χ0v) is 12.4. The van der Waals surface area contributed by atoms with Gasteiger partial charge in [0.25, 0.3) is 0 Å². The molecule has 1 saturated carbocycles. The van der Waals surface area contributed by atoms with Crippen molar-refractivity contribution < 1.29 is 14.3 Å². The van der Waals surface area contributed by atoms with E-state index in [1.54, 1.807) is 7.05 Å². The molecular formula is C16H23NO3. The summed E-state index contributed by atoms with van der Waals surface area (Å²) >= 11 is 0. The molecule has 0 bridgehead atoms. The zero-order valence-electron chi connectivity index (χ0n) is 12.4. The number of aryl methyl sites for hydroxylation is 1. The van der Waals surface area contributed by atoms with E-state index in [4.69, 9.17) is 9.47 Å². The average Bonchev–Trinajstić information content (AvgIpc) is 3.25. The molecule has 0 radical (unpaired) electrons. The molecule has 1 fully saturated rings. The van der Waals surface area contributed by atoms with Crippen LogP contribution in [0.1, 0.15) is 25.3 Å². The molecule has 1 aliphatic carbocycles. The second kappa shape index (κ2) is 6.27. The Morgan fingerprint density at radius 3 is 2.75 bits per heavy atom. The van der Waals surface area contributed by atoms with Crippen LogP contribution in [0.2, 0.25) is 0 Å². The molecule has 0 aliphatic heterocycles. The number of benzene rings is 1. The molecule has 0 saturated heterocycles. The number of rotatable bonds is 7. The van der Waals surface area contributed by atoms with Gasteiger partial charge in [-0.25, -0.2) is 4.79 Å². The Morgan fingerprint density at radius 1 is 1.45 bits per heavy atom. The number of esters is 1. The third-order valence-corrected chi connectivity index (χ3v) is 3.82. The summed E-state index contributed by atoms with van der Waals surface area (Å²) in [4.78, 5) is 12.3. The van der Waals surface area contributed by atoms with Crippen LogP contribution in [0.25, 0.3) is 0 Å². The summed E-state index contributed by atoms with van der Waals surface area (Å²) in [7, 11) is 1.80. The van der Waals surface area contributed by atoms with Crippen molar-refractivity contribution >= 4 is 5.97 Å². The Labute approximate surface area is 120 Å². The maximum Gasteiger partial charge on any atom is 0.330 e. The highest BCUT2D eigenvalue weighted by molar-refractivity contribution is 5.82. The van der Waals surface area contributed by atoms with Crippen molar-refractivity contribution in [1.82, 2.24) is 5.32 Å². The van der Waals surface area contributed by atoms with E-state index in [0.717, 1.165) is 24.2 Å². The smallest absolute Gasteiger partial charge is 0.330 e. The Kier molecular flexibility index (Phi) is 4.65. The van der Waals surface area contributed by atoms with Crippen molar-refractivity contribution in [2.45, 2.75) is 32.2 Å². The molecule has 4 nitrogen and oxygen atoms in total. The summed E-state index contributed by atoms with van der Waals surface area (Å²) in [6.07, 6.45) is 2.08. The van der Waals surface area contributed by atoms with Gasteiger partial charge in [0, 0.05) is 0 Å². The number of carbonyl (C=O) groups is 1. The number of likely N-dealkylation sites (N-methyl/N-ethyl adjacent to an activating group) is 1. The standard InChI is InChI=1S/C16H23NO3/c1-4-19-15(18)16(17-3,13-8-9-13)11-20-14-7-5-6-12(2)10-14/h5-7,10,13,17H,4,8-9,11H2,1-3H3. The molecule has 4 heteroatoms. The molecule has 0 aromatic heterocycles. The van der Waals surface area contributed by atoms with E-state index >= 15 is 0 Å². The Hall–Kier alpha value is -1.55. The van der Waals surface area contributed by atoms with Crippen LogP contribution in [0.15, 0.2) is 24.3 Å². The lowest BCUT2D eigenvalue weighted by Crippen LogP contribution is -2.57. The lowest BCUT2D eigenvalue weighted by molar-refractivity contribution is -0.153. The Morgan fingerprint density at radius 2 is 2.20 bits per heavy atom. The summed E-state index contributed by atoms with van der Waals surface area (Å²) in [5.74, 6) is 0.878. The van der Waals surface area contributed by atoms with Crippen molar-refractivity contribution in [1.29, 1.82) is 0 Å². The number of nitrogens with one attached hydrogen (secondary N) is 1. The minimum absolute atomic E-state index is 0.211. The lowest BCUT2D eigenvalue weighted by atomic mass is 9.94. The SMILES string of the molecule is CCOC(=O)C(COc1cccc(C)c1)(NC)C1CC1. The monoisotopic (exact) mass is 277 g/mol. The molecule has 20 heavy (non-hydrogen) atoms. The first-order valence-corrected chi connectivity index (χ1v) is 7.18. The van der Waals surface area contributed by atoms with Crippen LogP contribution >= 0.6 is 0 Å². The summed E-state index contributed by atoms with van der Waals surface area (Å²) < 4.78 is 11.1. The quantitative estimate of drug-likeness (QED) is 0.777. The van der Waals surface area contributed by atoms with Gasteiger partial charge in [-0.3, -0.25) is 0 Å². The van der Waals surface area contributed by atoms with Crippen molar-refractivity contribution in [2.24, 2.45) is 5.92 Å². The second-order valence-corrected chi connectivity index (χ2v) is 5.32. The molecule has 1 aromatic rings. The molecule has 0 spiro atoms. The van der Waals surface area contributed by atoms with E-state index in [-0.39, 0.29) is 5.97 Å². The first kappa shape index (κ1) is 14.9. The van der Waals surface area contributed by atoms with E-state index in [9.17, 15) is 4.79 Å². The van der Waals surface area contributed by atoms with Crippen LogP contribution in [0.4, 0.5) is 0 Å². The van der Waals surface area contributed by atoms with Crippen molar-refractivity contribution in [3.8, 4) is 5.75 Å². The van der Waals surface area contributed by atoms with E-state index in [0.29, 0.717) is 19.1 Å². The minimum atomic E-state index is -0.722. The van der Waals surface area contributed by atoms with Crippen molar-refractivity contribution in [2.75, 3.05) is 20.3 Å². The van der Waals surface area contributed by atoms with Crippen molar-refractivity contribution in [3.05, 3.63) is 29.8 Å². The van der Waals surface area contributed by atoms with Crippen LogP contribution in [-0.2, 0) is 9.53 Å². The number of ether oxygens (including phenoxy) is 2. The van der Waals surface area contributed by atoms with Gasteiger partial charge in [-0.2, -0.15) is 0 Å². The molecular weight excluding hydrogens is 254 g/mol. The average molecular weight is 277 g/mol. The maximum absolute atomic E-state index is 12.3. The molecule has 1 unspecified atom stereocenters. The van der Waals surface area contributed by atoms with Gasteiger partial charge in [-0.1, -0.05) is 12.1 Å². The van der Waals surface area contributed by atoms with Gasteiger partial charge in [0.1, 0.15) is 12.4 Å². The molecule has 0 amide bonds. The van der Waals surface area contributed by atoms with Gasteiger partial charge in [-0.05, 0) is 57.4 Å². The predicted molar refractivity (Wildman–Crippen MR) is 77.8 cm³/mol. The fraction of sp³-hybridized carbons (Fsp3) is 0.562. The summed E-state index contributed by atoms with van der Waals surface area (Å²) in [6.45, 7) is 4.53. The zero-order chi connectivity index (χ0) is 14.6. The summed E-state index contributed by atoms with van der Waals surface area (Å²) in [5.41, 5.74) is 0.417. The van der Waals surface area contributed by atoms with E-state index in [1.807, 2.05) is 38.1 Å². The van der Waals surface area contributed by atoms with Crippen molar-refractivity contribution in [3.63, 3.8) is 0 Å². The van der Waals surface area contributed by atoms with Gasteiger partial charge >= 0.3 is 5.97 Å². The fourth-order valence-electron chi connectivity index (χ4n) is 2.46. The van der Waals surface area contributed by atoms with Gasteiger partial charge in [0.2, 0.25) is 0 Å². The number of hydrogen-bond donors (Lipinski definition) is 1. The lowest BCUT2D eigenvalue weighted by Gasteiger charge is -2.31. The molecule has 1 aliphatic rings. The molecule has 1 atom stereocenters. The molecule has 1 N–H and O–H groups in total. The minimum Gasteiger partial charge on any atom is -0.491 e. The summed E-state index contributed by atoms with van der Waals surface area (Å²) in [5, 5.41) is 3.15. The maximum atomic E-state index is 12.3. The third-order valence-electron chi connectivity index (χ3n) is 3.82. The largest absolute Gasteiger partial charge is 0.491 e. The van der Waals surface area contributed by atoms with E-state index < -0.39 is 5.54 Å². The second-order valence-electron chi connectivity index (χ2n) is 5.32. The predicted octanol–water partition coefficient (Wildman–Crippen LogP) is 2.31. The van der Waals surface area contributed by atoms with Gasteiger partial charge in [-0.15, -0.1) is 0 Å². The van der Waals surface area contributed by atoms with Gasteiger partial charge < -0.3 is 14.8 Å². The van der Waals surface area contributed by atoms with Crippen LogP contribution in [0, 0.1) is 12.8 Å². The topological polar surface area (TPSA) is 47.6 Å². The van der Waals surface area contributed by atoms with Crippen LogP contribution < -0.4 is 10.1 Å². The highest BCUT2D eigenvalue weighted by Crippen LogP contribution is 2.40. The third kappa shape index (κ3) is 3.12. The Bertz CT molecular complexity index is 471. The molecule has 110 valence electrons. The van der Waals surface area contributed by atoms with E-state index in [1.165, 1.54) is 0 Å². The highest BCUT2D eigenvalue weighted by Gasteiger charge is 2.52. The van der Waals surface area contributed by atoms with Gasteiger partial charge in [0.15, 0.2) is 5.54 Å². The van der Waals surface area contributed by atoms with Crippen LogP contribution in [-0.4, -0.2) is 31.8 Å². The van der Waals surface area contributed by atoms with Crippen LogP contribution in [0.5, 0.6) is 5.75 Å². The fourth-order valence-corrected chi connectivity index (χ4v) is 2.46. The van der Waals surface area contributed by atoms with E-state index in [2.05, 4.69) is 5.32 Å². The molecule has 2 rings (SSSR count).